The summed E-state index contributed by atoms with van der Waals surface area (Å²) in [5.41, 5.74) is 5.79. The predicted octanol–water partition coefficient (Wildman–Crippen LogP) is 11.5. The van der Waals surface area contributed by atoms with E-state index in [9.17, 15) is 0 Å². The highest BCUT2D eigenvalue weighted by Gasteiger charge is 2.61. The minimum absolute atomic E-state index is 0.383. The van der Waals surface area contributed by atoms with E-state index in [4.69, 9.17) is 0 Å². The van der Waals surface area contributed by atoms with Crippen molar-refractivity contribution >= 4 is 74.4 Å². The van der Waals surface area contributed by atoms with Gasteiger partial charge in [-0.15, -0.1) is 23.5 Å². The van der Waals surface area contributed by atoms with Crippen molar-refractivity contribution in [3.05, 3.63) is 81.6 Å². The molecule has 0 spiro atoms. The van der Waals surface area contributed by atoms with Crippen LogP contribution in [0.2, 0.25) is 0 Å². The Kier molecular flexibility index (Phi) is 9.18. The maximum absolute atomic E-state index is 4.50. The molecule has 5 aliphatic rings. The van der Waals surface area contributed by atoms with Gasteiger partial charge in [-0.1, -0.05) is 99.4 Å². The van der Waals surface area contributed by atoms with E-state index in [0.29, 0.717) is 49.0 Å². The number of hydrogen-bond acceptors (Lipinski definition) is 5. The van der Waals surface area contributed by atoms with Gasteiger partial charge in [0.25, 0.3) is 0 Å². The number of fused-ring (bicyclic) bond motifs is 3. The molecule has 236 valence electrons. The lowest BCUT2D eigenvalue weighted by molar-refractivity contribution is 0.148. The maximum atomic E-state index is 4.50. The van der Waals surface area contributed by atoms with Crippen molar-refractivity contribution in [2.45, 2.75) is 97.8 Å². The molecular weight excluding hydrogens is 679 g/mol. The van der Waals surface area contributed by atoms with E-state index in [0.717, 1.165) is 28.9 Å². The minimum Gasteiger partial charge on any atom is -0.336 e. The first-order valence-electron chi connectivity index (χ1n) is 16.7. The molecule has 0 aromatic heterocycles. The molecule has 0 amide bonds. The summed E-state index contributed by atoms with van der Waals surface area (Å²) in [7, 11) is 0. The smallest absolute Gasteiger partial charge is 0.0605 e. The number of halogens is 1. The average Bonchev–Trinajstić information content (AvgIpc) is 3.06. The van der Waals surface area contributed by atoms with Crippen LogP contribution in [-0.4, -0.2) is 42.4 Å². The molecule has 2 saturated carbocycles. The van der Waals surface area contributed by atoms with Crippen LogP contribution in [-0.2, 0) is 0 Å². The molecule has 1 nitrogen and oxygen atoms in total. The summed E-state index contributed by atoms with van der Waals surface area (Å²) in [6.45, 7) is 19.9. The van der Waals surface area contributed by atoms with E-state index < -0.39 is 0 Å². The number of anilines is 2. The highest BCUT2D eigenvalue weighted by atomic mass is 79.9. The van der Waals surface area contributed by atoms with Gasteiger partial charge in [-0.3, -0.25) is 0 Å². The SMILES string of the molecule is CC1=C(C)C(C)C(C)C2=C1SC1C(S2)C(Br)C2SC3C(C)C(C)C(C)C(C)C3SC2C1N(c1ccccc1)c1ccccc1. The van der Waals surface area contributed by atoms with Crippen molar-refractivity contribution < 1.29 is 0 Å². The molecule has 3 fully saturated rings. The standard InChI is InChI=1S/C38H48BrNS4/c1-19-21(3)25(7)33-31(23(19)5)41-35-29(39)36-38(44-34-26(8)22(4)20(2)24(6)32(34)42-36)30(37(35)43-33)40(27-15-11-9-12-16-27)28-17-13-10-14-18-28/h9-21,23-25,29-31,33,35-38H,1-8H3. The zero-order valence-electron chi connectivity index (χ0n) is 27.3. The van der Waals surface area contributed by atoms with Crippen LogP contribution in [0.25, 0.3) is 0 Å². The summed E-state index contributed by atoms with van der Waals surface area (Å²) < 4.78 is 0. The van der Waals surface area contributed by atoms with Crippen molar-refractivity contribution in [2.75, 3.05) is 4.90 Å². The second-order valence-corrected chi connectivity index (χ2v) is 20.5. The first-order valence-corrected chi connectivity index (χ1v) is 21.3. The van der Waals surface area contributed by atoms with E-state index in [2.05, 4.69) is 184 Å². The predicted molar refractivity (Wildman–Crippen MR) is 205 cm³/mol. The molecule has 2 aliphatic heterocycles. The molecule has 0 radical (unpaired) electrons. The van der Waals surface area contributed by atoms with Crippen LogP contribution in [0.3, 0.4) is 0 Å². The van der Waals surface area contributed by atoms with Gasteiger partial charge in [0.2, 0.25) is 0 Å². The molecular formula is C38H48BrNS4. The fraction of sp³-hybridized carbons (Fsp3) is 0.579. The third-order valence-corrected chi connectivity index (χ3v) is 22.0. The van der Waals surface area contributed by atoms with Gasteiger partial charge in [0.15, 0.2) is 0 Å². The fourth-order valence-electron chi connectivity index (χ4n) is 8.69. The van der Waals surface area contributed by atoms with Crippen molar-refractivity contribution in [2.24, 2.45) is 35.5 Å². The Morgan fingerprint density at radius 2 is 1.09 bits per heavy atom. The number of allylic oxidation sites excluding steroid dienone is 3. The first kappa shape index (κ1) is 32.2. The van der Waals surface area contributed by atoms with Crippen LogP contribution in [0.4, 0.5) is 11.4 Å². The fourth-order valence-corrected chi connectivity index (χ4v) is 19.2. The van der Waals surface area contributed by atoms with Crippen LogP contribution in [0.1, 0.15) is 55.4 Å². The zero-order chi connectivity index (χ0) is 31.0. The van der Waals surface area contributed by atoms with Gasteiger partial charge in [-0.05, 0) is 79.2 Å². The van der Waals surface area contributed by atoms with E-state index in [1.165, 1.54) is 11.4 Å². The maximum Gasteiger partial charge on any atom is 0.0605 e. The summed E-state index contributed by atoms with van der Waals surface area (Å²) in [6, 6.07) is 23.0. The molecule has 14 atom stereocenters. The molecule has 44 heavy (non-hydrogen) atoms. The lowest BCUT2D eigenvalue weighted by atomic mass is 9.69. The lowest BCUT2D eigenvalue weighted by Crippen LogP contribution is -2.66. The van der Waals surface area contributed by atoms with E-state index in [1.54, 1.807) is 21.0 Å². The molecule has 3 aliphatic carbocycles. The topological polar surface area (TPSA) is 3.24 Å². The van der Waals surface area contributed by atoms with Gasteiger partial charge in [0.1, 0.15) is 0 Å². The molecule has 2 aromatic carbocycles. The number of benzene rings is 2. The van der Waals surface area contributed by atoms with Gasteiger partial charge < -0.3 is 4.90 Å². The molecule has 14 unspecified atom stereocenters. The van der Waals surface area contributed by atoms with Crippen molar-refractivity contribution in [1.82, 2.24) is 0 Å². The summed E-state index contributed by atoms with van der Waals surface area (Å²) in [4.78, 5) is 6.51. The van der Waals surface area contributed by atoms with Gasteiger partial charge in [0, 0.05) is 57.5 Å². The van der Waals surface area contributed by atoms with Crippen LogP contribution >= 0.6 is 63.0 Å². The molecule has 2 heterocycles. The number of hydrogen-bond donors (Lipinski definition) is 0. The summed E-state index contributed by atoms with van der Waals surface area (Å²) in [5, 5.41) is 3.53. The Labute approximate surface area is 292 Å². The Morgan fingerprint density at radius 1 is 0.568 bits per heavy atom. The Bertz CT molecular complexity index is 1390. The Balaban J connectivity index is 1.39. The molecule has 0 bridgehead atoms. The Hall–Kier alpha value is -0.400. The summed E-state index contributed by atoms with van der Waals surface area (Å²) in [5.74, 6) is 4.21. The minimum atomic E-state index is 0.383. The van der Waals surface area contributed by atoms with Crippen molar-refractivity contribution in [3.63, 3.8) is 0 Å². The molecule has 7 rings (SSSR count). The molecule has 6 heteroatoms. The molecule has 1 saturated heterocycles. The second kappa shape index (κ2) is 12.6. The van der Waals surface area contributed by atoms with Gasteiger partial charge >= 0.3 is 0 Å². The van der Waals surface area contributed by atoms with Gasteiger partial charge in [0.05, 0.1) is 6.04 Å². The number of para-hydroxylation sites is 2. The van der Waals surface area contributed by atoms with Gasteiger partial charge in [-0.2, -0.15) is 23.5 Å². The number of nitrogens with zero attached hydrogens (tertiary/aromatic N) is 1. The quantitative estimate of drug-likeness (QED) is 0.289. The van der Waals surface area contributed by atoms with Crippen LogP contribution in [0, 0.1) is 35.5 Å². The average molecular weight is 727 g/mol. The third-order valence-electron chi connectivity index (χ3n) is 12.3. The largest absolute Gasteiger partial charge is 0.336 e. The van der Waals surface area contributed by atoms with E-state index >= 15 is 0 Å². The number of thioether (sulfide) groups is 4. The Morgan fingerprint density at radius 3 is 1.64 bits per heavy atom. The van der Waals surface area contributed by atoms with E-state index in [-0.39, 0.29) is 0 Å². The number of alkyl halides is 1. The molecule has 0 N–H and O–H groups in total. The van der Waals surface area contributed by atoms with Gasteiger partial charge in [-0.25, -0.2) is 0 Å². The van der Waals surface area contributed by atoms with Crippen LogP contribution in [0.15, 0.2) is 81.6 Å². The highest BCUT2D eigenvalue weighted by Crippen LogP contribution is 2.65. The van der Waals surface area contributed by atoms with E-state index in [1.807, 2.05) is 0 Å². The lowest BCUT2D eigenvalue weighted by Gasteiger charge is -2.61. The normalized spacial score (nSPS) is 43.5. The van der Waals surface area contributed by atoms with Crippen LogP contribution < -0.4 is 4.90 Å². The second-order valence-electron chi connectivity index (χ2n) is 14.3. The highest BCUT2D eigenvalue weighted by molar-refractivity contribution is 9.09. The summed E-state index contributed by atoms with van der Waals surface area (Å²) >= 11 is 13.8. The molecule has 2 aromatic rings. The van der Waals surface area contributed by atoms with Crippen molar-refractivity contribution in [1.29, 1.82) is 0 Å². The van der Waals surface area contributed by atoms with Crippen molar-refractivity contribution in [3.8, 4) is 0 Å². The third kappa shape index (κ3) is 5.13. The monoisotopic (exact) mass is 725 g/mol. The summed E-state index contributed by atoms with van der Waals surface area (Å²) in [6.07, 6.45) is 0. The zero-order valence-corrected chi connectivity index (χ0v) is 32.2. The number of rotatable bonds is 3. The first-order chi connectivity index (χ1) is 21.1. The van der Waals surface area contributed by atoms with Crippen LogP contribution in [0.5, 0.6) is 0 Å².